The van der Waals surface area contributed by atoms with E-state index in [0.29, 0.717) is 22.9 Å². The maximum atomic E-state index is 9.27. The van der Waals surface area contributed by atoms with E-state index in [9.17, 15) is 5.26 Å². The highest BCUT2D eigenvalue weighted by atomic mass is 15.3. The third-order valence-corrected chi connectivity index (χ3v) is 3.09. The van der Waals surface area contributed by atoms with Crippen LogP contribution in [0, 0.1) is 11.3 Å². The van der Waals surface area contributed by atoms with Gasteiger partial charge in [0, 0.05) is 25.9 Å². The van der Waals surface area contributed by atoms with Gasteiger partial charge in [-0.2, -0.15) is 14.8 Å². The predicted molar refractivity (Wildman–Crippen MR) is 83.7 cm³/mol. The van der Waals surface area contributed by atoms with Gasteiger partial charge in [-0.15, -0.1) is 5.10 Å². The van der Waals surface area contributed by atoms with Crippen LogP contribution in [0.15, 0.2) is 42.7 Å². The summed E-state index contributed by atoms with van der Waals surface area (Å²) in [6.45, 7) is 0. The summed E-state index contributed by atoms with van der Waals surface area (Å²) in [5.41, 5.74) is 2.03. The van der Waals surface area contributed by atoms with Gasteiger partial charge in [-0.3, -0.25) is 0 Å². The molecule has 6 heteroatoms. The maximum absolute atomic E-state index is 9.27. The zero-order valence-electron chi connectivity index (χ0n) is 12.3. The smallest absolute Gasteiger partial charge is 0.253 e. The van der Waals surface area contributed by atoms with Crippen LogP contribution >= 0.6 is 0 Å². The summed E-state index contributed by atoms with van der Waals surface area (Å²) in [5.74, 6) is 1.05. The molecular formula is C16H14N6. The molecule has 0 unspecified atom stereocenters. The highest BCUT2D eigenvalue weighted by Gasteiger charge is 2.12. The average molecular weight is 290 g/mol. The van der Waals surface area contributed by atoms with Crippen LogP contribution in [0.1, 0.15) is 11.3 Å². The topological polar surface area (TPSA) is 70.1 Å². The number of hydrogen-bond acceptors (Lipinski definition) is 5. The van der Waals surface area contributed by atoms with Gasteiger partial charge in [-0.25, -0.2) is 4.98 Å². The van der Waals surface area contributed by atoms with Gasteiger partial charge in [0.1, 0.15) is 6.07 Å². The maximum Gasteiger partial charge on any atom is 0.253 e. The van der Waals surface area contributed by atoms with E-state index < -0.39 is 0 Å². The Bertz CT molecular complexity index is 871. The van der Waals surface area contributed by atoms with Crippen molar-refractivity contribution in [2.75, 3.05) is 14.1 Å². The first-order valence-corrected chi connectivity index (χ1v) is 6.75. The number of benzene rings is 1. The van der Waals surface area contributed by atoms with Gasteiger partial charge in [-0.1, -0.05) is 30.3 Å². The van der Waals surface area contributed by atoms with E-state index in [-0.39, 0.29) is 0 Å². The molecule has 0 radical (unpaired) electrons. The number of nitrogens with zero attached hydrogens (tertiary/aromatic N) is 6. The number of aromatic nitrogens is 4. The predicted octanol–water partition coefficient (Wildman–Crippen LogP) is 2.20. The van der Waals surface area contributed by atoms with E-state index in [1.165, 1.54) is 6.20 Å². The van der Waals surface area contributed by atoms with Crippen LogP contribution in [0.25, 0.3) is 23.2 Å². The van der Waals surface area contributed by atoms with Crippen LogP contribution in [-0.2, 0) is 0 Å². The molecule has 2 heterocycles. The van der Waals surface area contributed by atoms with E-state index in [2.05, 4.69) is 21.1 Å². The summed E-state index contributed by atoms with van der Waals surface area (Å²) in [5, 5.41) is 13.8. The van der Waals surface area contributed by atoms with Crippen molar-refractivity contribution in [2.24, 2.45) is 0 Å². The van der Waals surface area contributed by atoms with Crippen LogP contribution in [-0.4, -0.2) is 38.6 Å². The van der Waals surface area contributed by atoms with E-state index in [4.69, 9.17) is 0 Å². The highest BCUT2D eigenvalue weighted by Crippen LogP contribution is 2.17. The van der Waals surface area contributed by atoms with E-state index in [1.807, 2.05) is 61.6 Å². The first kappa shape index (κ1) is 13.8. The third kappa shape index (κ3) is 2.52. The molecule has 0 fully saturated rings. The van der Waals surface area contributed by atoms with Crippen LogP contribution in [0.2, 0.25) is 0 Å². The molecule has 22 heavy (non-hydrogen) atoms. The zero-order valence-corrected chi connectivity index (χ0v) is 12.3. The van der Waals surface area contributed by atoms with Crippen molar-refractivity contribution in [3.63, 3.8) is 0 Å². The fraction of sp³-hybridized carbons (Fsp3) is 0.125. The zero-order chi connectivity index (χ0) is 15.5. The molecule has 0 aliphatic carbocycles. The van der Waals surface area contributed by atoms with Crippen molar-refractivity contribution in [1.82, 2.24) is 24.5 Å². The Balaban J connectivity index is 2.20. The van der Waals surface area contributed by atoms with Crippen molar-refractivity contribution in [3.05, 3.63) is 54.0 Å². The number of hydrogen-bond donors (Lipinski definition) is 0. The molecule has 0 aliphatic heterocycles. The fourth-order valence-corrected chi connectivity index (χ4v) is 2.03. The molecule has 0 spiro atoms. The summed E-state index contributed by atoms with van der Waals surface area (Å²) >= 11 is 0. The highest BCUT2D eigenvalue weighted by molar-refractivity contribution is 5.60. The fourth-order valence-electron chi connectivity index (χ4n) is 2.03. The minimum Gasteiger partial charge on any atom is -0.383 e. The molecule has 3 aromatic rings. The monoisotopic (exact) mass is 290 g/mol. The summed E-state index contributed by atoms with van der Waals surface area (Å²) in [6.07, 6.45) is 5.21. The largest absolute Gasteiger partial charge is 0.383 e. The lowest BCUT2D eigenvalue weighted by Crippen LogP contribution is -2.03. The molecule has 0 saturated carbocycles. The second-order valence-corrected chi connectivity index (χ2v) is 4.96. The van der Waals surface area contributed by atoms with Crippen molar-refractivity contribution in [3.8, 4) is 17.5 Å². The molecule has 0 atom stereocenters. The average Bonchev–Trinajstić information content (AvgIpc) is 2.97. The minimum absolute atomic E-state index is 0.454. The van der Waals surface area contributed by atoms with E-state index >= 15 is 0 Å². The van der Waals surface area contributed by atoms with Gasteiger partial charge in [0.05, 0.1) is 17.5 Å². The molecule has 1 aromatic carbocycles. The Kier molecular flexibility index (Phi) is 3.54. The van der Waals surface area contributed by atoms with Crippen LogP contribution < -0.4 is 0 Å². The van der Waals surface area contributed by atoms with Gasteiger partial charge in [0.25, 0.3) is 5.78 Å². The first-order chi connectivity index (χ1) is 10.7. The molecule has 0 amide bonds. The lowest BCUT2D eigenvalue weighted by molar-refractivity contribution is 0.567. The van der Waals surface area contributed by atoms with Gasteiger partial charge in [-0.05, 0) is 6.08 Å². The molecule has 0 aliphatic rings. The molecule has 0 bridgehead atoms. The molecule has 0 N–H and O–H groups in total. The van der Waals surface area contributed by atoms with Gasteiger partial charge >= 0.3 is 0 Å². The van der Waals surface area contributed by atoms with Gasteiger partial charge < -0.3 is 4.90 Å². The summed E-state index contributed by atoms with van der Waals surface area (Å²) < 4.78 is 1.60. The standard InChI is InChI=1S/C16H14N6/c1-21(2)9-8-14-13(10-17)11-18-16-19-15(20-22(14)16)12-6-4-3-5-7-12/h3-9,11H,1-2H3. The van der Waals surface area contributed by atoms with Crippen LogP contribution in [0.4, 0.5) is 0 Å². The second kappa shape index (κ2) is 5.66. The number of fused-ring (bicyclic) bond motifs is 1. The van der Waals surface area contributed by atoms with Crippen molar-refractivity contribution < 1.29 is 0 Å². The second-order valence-electron chi connectivity index (χ2n) is 4.96. The van der Waals surface area contributed by atoms with E-state index in [1.54, 1.807) is 4.52 Å². The minimum atomic E-state index is 0.454. The summed E-state index contributed by atoms with van der Waals surface area (Å²) in [4.78, 5) is 10.5. The Morgan fingerprint density at radius 1 is 1.23 bits per heavy atom. The SMILES string of the molecule is CN(C)C=Cc1c(C#N)cnc2nc(-c3ccccc3)nn12. The lowest BCUT2D eigenvalue weighted by atomic mass is 10.2. The molecule has 2 aromatic heterocycles. The van der Waals surface area contributed by atoms with Crippen LogP contribution in [0.5, 0.6) is 0 Å². The Labute approximate surface area is 128 Å². The summed E-state index contributed by atoms with van der Waals surface area (Å²) in [7, 11) is 3.83. The normalized spacial score (nSPS) is 11.0. The van der Waals surface area contributed by atoms with Crippen molar-refractivity contribution >= 4 is 11.9 Å². The molecule has 0 saturated heterocycles. The van der Waals surface area contributed by atoms with Gasteiger partial charge in [0.2, 0.25) is 0 Å². The third-order valence-electron chi connectivity index (χ3n) is 3.09. The first-order valence-electron chi connectivity index (χ1n) is 6.75. The Morgan fingerprint density at radius 3 is 2.68 bits per heavy atom. The molecule has 108 valence electrons. The number of nitriles is 1. The van der Waals surface area contributed by atoms with Crippen LogP contribution in [0.3, 0.4) is 0 Å². The molecular weight excluding hydrogens is 276 g/mol. The van der Waals surface area contributed by atoms with Crippen molar-refractivity contribution in [1.29, 1.82) is 5.26 Å². The van der Waals surface area contributed by atoms with Crippen molar-refractivity contribution in [2.45, 2.75) is 0 Å². The van der Waals surface area contributed by atoms with Gasteiger partial charge in [0.15, 0.2) is 5.82 Å². The number of rotatable bonds is 3. The quantitative estimate of drug-likeness (QED) is 0.739. The lowest BCUT2D eigenvalue weighted by Gasteiger charge is -2.05. The van der Waals surface area contributed by atoms with E-state index in [0.717, 1.165) is 5.56 Å². The Morgan fingerprint density at radius 2 is 2.00 bits per heavy atom. The Hall–Kier alpha value is -3.20. The molecule has 6 nitrogen and oxygen atoms in total. The molecule has 3 rings (SSSR count). The summed E-state index contributed by atoms with van der Waals surface area (Å²) in [6, 6.07) is 11.8.